The first-order valence-corrected chi connectivity index (χ1v) is 14.5. The highest BCUT2D eigenvalue weighted by atomic mass is 16.6. The Balaban J connectivity index is 1.12. The number of carbonyl (C=O) groups excluding carboxylic acids is 3. The molecule has 0 heterocycles. The highest BCUT2D eigenvalue weighted by Gasteiger charge is 2.68. The van der Waals surface area contributed by atoms with Gasteiger partial charge in [0.25, 0.3) is 0 Å². The molecule has 0 radical (unpaired) electrons. The maximum absolute atomic E-state index is 13.5. The van der Waals surface area contributed by atoms with Gasteiger partial charge < -0.3 is 14.9 Å². The standard InChI is InChI=1S/C34H37NO6/c1-32-16-14-25(36)18-23(32)10-13-26-27-15-17-34(40,33(27,2)19-28(37)30(26)32)29(38)20-41-31(39)35-24-11-8-22(9-12-24)21-6-4-3-5-7-21/h3-9,11-12,14,16,18,26-28,30,37,40H,10,13,15,17,19-20H2,1-2H3,(H,35,39)/t26?,27?,28-,30?,32?,33?,34-/m0/s1. The SMILES string of the molecule is CC12C=CC(=O)C=C1CCC1C2[C@@H](O)CC2(C)C1CC[C@]2(O)C(=O)COC(=O)Nc1ccc(-c2ccccc2)cc1. The second-order valence-corrected chi connectivity index (χ2v) is 12.7. The number of benzene rings is 2. The molecule has 2 aromatic rings. The fraction of sp³-hybridized carbons (Fsp3) is 0.441. The van der Waals surface area contributed by atoms with Gasteiger partial charge in [-0.05, 0) is 79.4 Å². The molecule has 3 N–H and O–H groups in total. The van der Waals surface area contributed by atoms with Gasteiger partial charge >= 0.3 is 6.09 Å². The summed E-state index contributed by atoms with van der Waals surface area (Å²) in [6.07, 6.45) is 6.50. The third-order valence-corrected chi connectivity index (χ3v) is 10.7. The molecular formula is C34H37NO6. The van der Waals surface area contributed by atoms with E-state index >= 15 is 0 Å². The third-order valence-electron chi connectivity index (χ3n) is 10.7. The molecule has 0 aliphatic heterocycles. The van der Waals surface area contributed by atoms with Crippen molar-refractivity contribution in [2.45, 2.75) is 57.7 Å². The van der Waals surface area contributed by atoms with Crippen LogP contribution in [0.5, 0.6) is 0 Å². The van der Waals surface area contributed by atoms with Crippen LogP contribution in [0.3, 0.4) is 0 Å². The summed E-state index contributed by atoms with van der Waals surface area (Å²) >= 11 is 0. The van der Waals surface area contributed by atoms with Crippen LogP contribution in [0, 0.1) is 28.6 Å². The van der Waals surface area contributed by atoms with Crippen molar-refractivity contribution in [2.75, 3.05) is 11.9 Å². The van der Waals surface area contributed by atoms with Crippen LogP contribution in [0.4, 0.5) is 10.5 Å². The Kier molecular flexibility index (Phi) is 6.78. The van der Waals surface area contributed by atoms with Crippen LogP contribution in [0.25, 0.3) is 11.1 Å². The van der Waals surface area contributed by atoms with Gasteiger partial charge in [-0.1, -0.05) is 68.0 Å². The Bertz CT molecular complexity index is 1430. The molecule has 7 nitrogen and oxygen atoms in total. The predicted molar refractivity (Wildman–Crippen MR) is 155 cm³/mol. The molecule has 2 aromatic carbocycles. The normalized spacial score (nSPS) is 35.5. The Morgan fingerprint density at radius 2 is 1.73 bits per heavy atom. The number of ether oxygens (including phenoxy) is 1. The van der Waals surface area contributed by atoms with E-state index in [-0.39, 0.29) is 36.4 Å². The molecule has 6 rings (SSSR count). The third kappa shape index (κ3) is 4.46. The smallest absolute Gasteiger partial charge is 0.412 e. The lowest BCUT2D eigenvalue weighted by Gasteiger charge is -2.59. The van der Waals surface area contributed by atoms with Crippen LogP contribution in [-0.2, 0) is 14.3 Å². The van der Waals surface area contributed by atoms with Crippen molar-refractivity contribution >= 4 is 23.3 Å². The number of ketones is 2. The number of Topliss-reactive ketones (excluding diaryl/α,β-unsaturated/α-hetero) is 1. The number of hydrogen-bond donors (Lipinski definition) is 3. The highest BCUT2D eigenvalue weighted by Crippen LogP contribution is 2.67. The van der Waals surface area contributed by atoms with E-state index in [0.717, 1.165) is 29.5 Å². The maximum Gasteiger partial charge on any atom is 0.412 e. The van der Waals surface area contributed by atoms with Crippen LogP contribution < -0.4 is 5.32 Å². The van der Waals surface area contributed by atoms with Crippen molar-refractivity contribution in [1.29, 1.82) is 0 Å². The lowest BCUT2D eigenvalue weighted by atomic mass is 9.46. The van der Waals surface area contributed by atoms with E-state index in [1.807, 2.05) is 55.5 Å². The fourth-order valence-corrected chi connectivity index (χ4v) is 8.57. The Morgan fingerprint density at radius 3 is 2.46 bits per heavy atom. The first-order chi connectivity index (χ1) is 19.5. The number of carbonyl (C=O) groups is 3. The molecule has 4 aliphatic rings. The zero-order valence-corrected chi connectivity index (χ0v) is 23.5. The van der Waals surface area contributed by atoms with Crippen molar-refractivity contribution in [3.8, 4) is 11.1 Å². The van der Waals surface area contributed by atoms with E-state index in [1.165, 1.54) is 0 Å². The predicted octanol–water partition coefficient (Wildman–Crippen LogP) is 5.48. The molecular weight excluding hydrogens is 518 g/mol. The molecule has 3 saturated carbocycles. The van der Waals surface area contributed by atoms with Crippen LogP contribution in [-0.4, -0.2) is 46.2 Å². The Morgan fingerprint density at radius 1 is 1.02 bits per heavy atom. The molecule has 0 aromatic heterocycles. The number of fused-ring (bicyclic) bond motifs is 5. The van der Waals surface area contributed by atoms with Crippen LogP contribution in [0.15, 0.2) is 78.4 Å². The van der Waals surface area contributed by atoms with Crippen LogP contribution in [0.1, 0.15) is 46.0 Å². The number of hydrogen-bond acceptors (Lipinski definition) is 6. The number of amides is 1. The second kappa shape index (κ2) is 10.1. The Hall–Kier alpha value is -3.55. The van der Waals surface area contributed by atoms with E-state index in [1.54, 1.807) is 24.3 Å². The zero-order chi connectivity index (χ0) is 29.0. The molecule has 5 unspecified atom stereocenters. The minimum Gasteiger partial charge on any atom is -0.441 e. The van der Waals surface area contributed by atoms with Gasteiger partial charge in [0.05, 0.1) is 6.10 Å². The molecule has 214 valence electrons. The van der Waals surface area contributed by atoms with Crippen molar-refractivity contribution < 1.29 is 29.3 Å². The van der Waals surface area contributed by atoms with Gasteiger partial charge in [0.1, 0.15) is 5.60 Å². The zero-order valence-electron chi connectivity index (χ0n) is 23.5. The number of anilines is 1. The molecule has 0 spiro atoms. The van der Waals surface area contributed by atoms with Crippen molar-refractivity contribution in [3.05, 3.63) is 78.4 Å². The summed E-state index contributed by atoms with van der Waals surface area (Å²) in [4.78, 5) is 38.1. The van der Waals surface area contributed by atoms with Crippen molar-refractivity contribution in [3.63, 3.8) is 0 Å². The topological polar surface area (TPSA) is 113 Å². The first-order valence-electron chi connectivity index (χ1n) is 14.5. The lowest BCUT2D eigenvalue weighted by molar-refractivity contribution is -0.178. The van der Waals surface area contributed by atoms with E-state index in [4.69, 9.17) is 4.74 Å². The van der Waals surface area contributed by atoms with Gasteiger partial charge in [0.2, 0.25) is 5.78 Å². The molecule has 7 heteroatoms. The van der Waals surface area contributed by atoms with Crippen molar-refractivity contribution in [2.24, 2.45) is 28.6 Å². The summed E-state index contributed by atoms with van der Waals surface area (Å²) < 4.78 is 5.28. The summed E-state index contributed by atoms with van der Waals surface area (Å²) in [6.45, 7) is 3.45. The quantitative estimate of drug-likeness (QED) is 0.450. The fourth-order valence-electron chi connectivity index (χ4n) is 8.57. The van der Waals surface area contributed by atoms with Gasteiger partial charge in [-0.2, -0.15) is 0 Å². The minimum absolute atomic E-state index is 0.0138. The van der Waals surface area contributed by atoms with Gasteiger partial charge in [-0.15, -0.1) is 0 Å². The van der Waals surface area contributed by atoms with E-state index < -0.39 is 41.0 Å². The lowest BCUT2D eigenvalue weighted by Crippen LogP contribution is -2.61. The summed E-state index contributed by atoms with van der Waals surface area (Å²) in [5, 5.41) is 26.0. The van der Waals surface area contributed by atoms with E-state index in [0.29, 0.717) is 12.1 Å². The molecule has 0 bridgehead atoms. The van der Waals surface area contributed by atoms with Gasteiger partial charge in [0, 0.05) is 22.4 Å². The number of rotatable bonds is 5. The molecule has 3 fully saturated rings. The van der Waals surface area contributed by atoms with Crippen LogP contribution in [0.2, 0.25) is 0 Å². The highest BCUT2D eigenvalue weighted by molar-refractivity contribution is 6.01. The number of nitrogens with one attached hydrogen (secondary N) is 1. The summed E-state index contributed by atoms with van der Waals surface area (Å²) in [6, 6.07) is 17.2. The first kappa shape index (κ1) is 27.6. The summed E-state index contributed by atoms with van der Waals surface area (Å²) in [5.41, 5.74) is 0.714. The molecule has 7 atom stereocenters. The van der Waals surface area contributed by atoms with Crippen LogP contribution >= 0.6 is 0 Å². The second-order valence-electron chi connectivity index (χ2n) is 12.7. The van der Waals surface area contributed by atoms with Crippen molar-refractivity contribution in [1.82, 2.24) is 0 Å². The number of aliphatic hydroxyl groups excluding tert-OH is 1. The molecule has 41 heavy (non-hydrogen) atoms. The maximum atomic E-state index is 13.5. The average Bonchev–Trinajstić information content (AvgIpc) is 3.23. The number of allylic oxidation sites excluding steroid dienone is 4. The largest absolute Gasteiger partial charge is 0.441 e. The number of aliphatic hydroxyl groups is 2. The monoisotopic (exact) mass is 555 g/mol. The van der Waals surface area contributed by atoms with E-state index in [2.05, 4.69) is 12.2 Å². The summed E-state index contributed by atoms with van der Waals surface area (Å²) in [5.74, 6) is -0.494. The van der Waals surface area contributed by atoms with Gasteiger partial charge in [-0.3, -0.25) is 14.9 Å². The van der Waals surface area contributed by atoms with Gasteiger partial charge in [0.15, 0.2) is 12.4 Å². The van der Waals surface area contributed by atoms with Gasteiger partial charge in [-0.25, -0.2) is 4.79 Å². The molecule has 1 amide bonds. The Labute approximate surface area is 240 Å². The molecule has 4 aliphatic carbocycles. The van der Waals surface area contributed by atoms with E-state index in [9.17, 15) is 24.6 Å². The minimum atomic E-state index is -1.70. The summed E-state index contributed by atoms with van der Waals surface area (Å²) in [7, 11) is 0. The molecule has 0 saturated heterocycles. The average molecular weight is 556 g/mol.